The van der Waals surface area contributed by atoms with Gasteiger partial charge in [0.25, 0.3) is 15.7 Å². The van der Waals surface area contributed by atoms with E-state index in [1.54, 1.807) is 24.3 Å². The summed E-state index contributed by atoms with van der Waals surface area (Å²) in [5, 5.41) is 14.2. The third kappa shape index (κ3) is 4.88. The molecule has 1 N–H and O–H groups in total. The number of nitrogens with zero attached hydrogens (tertiary/aromatic N) is 2. The van der Waals surface area contributed by atoms with Crippen LogP contribution < -0.4 is 5.32 Å². The minimum Gasteiger partial charge on any atom is -0.312 e. The van der Waals surface area contributed by atoms with E-state index < -0.39 is 10.0 Å². The Labute approximate surface area is 157 Å². The van der Waals surface area contributed by atoms with Crippen molar-refractivity contribution in [2.45, 2.75) is 31.0 Å². The van der Waals surface area contributed by atoms with Crippen molar-refractivity contribution < 1.29 is 13.3 Å². The number of sulfonamides is 1. The smallest absolute Gasteiger partial charge is 0.273 e. The molecule has 0 amide bonds. The van der Waals surface area contributed by atoms with Crippen molar-refractivity contribution in [3.8, 4) is 0 Å². The monoisotopic (exact) mass is 397 g/mol. The van der Waals surface area contributed by atoms with Crippen LogP contribution in [0.25, 0.3) is 0 Å². The SMILES string of the molecule is CCN(CC)S(=O)(=O)c1ccc(CCNCc2ccccc2[N+](=O)[O-])s1. The Morgan fingerprint density at radius 1 is 1.15 bits per heavy atom. The van der Waals surface area contributed by atoms with Crippen LogP contribution >= 0.6 is 11.3 Å². The Bertz CT molecular complexity index is 845. The van der Waals surface area contributed by atoms with E-state index in [1.165, 1.54) is 21.7 Å². The zero-order chi connectivity index (χ0) is 19.2. The first-order valence-corrected chi connectivity index (χ1v) is 10.7. The zero-order valence-corrected chi connectivity index (χ0v) is 16.5. The number of nitro groups is 1. The van der Waals surface area contributed by atoms with Crippen LogP contribution in [0.1, 0.15) is 24.3 Å². The van der Waals surface area contributed by atoms with E-state index in [0.29, 0.717) is 42.4 Å². The van der Waals surface area contributed by atoms with E-state index in [1.807, 2.05) is 19.9 Å². The van der Waals surface area contributed by atoms with Gasteiger partial charge in [-0.3, -0.25) is 10.1 Å². The number of hydrogen-bond acceptors (Lipinski definition) is 6. The van der Waals surface area contributed by atoms with Gasteiger partial charge in [-0.25, -0.2) is 8.42 Å². The fourth-order valence-electron chi connectivity index (χ4n) is 2.60. The Morgan fingerprint density at radius 2 is 1.85 bits per heavy atom. The third-order valence-corrected chi connectivity index (χ3v) is 7.65. The maximum Gasteiger partial charge on any atom is 0.273 e. The Kier molecular flexibility index (Phi) is 7.27. The summed E-state index contributed by atoms with van der Waals surface area (Å²) in [5.74, 6) is 0. The Hall–Kier alpha value is -1.81. The minimum atomic E-state index is -3.41. The molecule has 26 heavy (non-hydrogen) atoms. The van der Waals surface area contributed by atoms with Crippen LogP contribution in [0.15, 0.2) is 40.6 Å². The van der Waals surface area contributed by atoms with E-state index in [0.717, 1.165) is 4.88 Å². The summed E-state index contributed by atoms with van der Waals surface area (Å²) in [6.45, 7) is 5.54. The molecule has 0 aliphatic heterocycles. The molecule has 0 spiro atoms. The maximum atomic E-state index is 12.5. The second kappa shape index (κ2) is 9.22. The van der Waals surface area contributed by atoms with Gasteiger partial charge in [-0.05, 0) is 18.6 Å². The second-order valence-corrected chi connectivity index (χ2v) is 8.96. The van der Waals surface area contributed by atoms with E-state index >= 15 is 0 Å². The number of hydrogen-bond donors (Lipinski definition) is 1. The summed E-state index contributed by atoms with van der Waals surface area (Å²) in [6.07, 6.45) is 0.666. The molecule has 0 aliphatic carbocycles. The second-order valence-electron chi connectivity index (χ2n) is 5.62. The fourth-order valence-corrected chi connectivity index (χ4v) is 5.56. The molecule has 1 aromatic carbocycles. The standard InChI is InChI=1S/C17H23N3O4S2/c1-3-19(4-2)26(23,24)17-10-9-15(25-17)11-12-18-13-14-7-5-6-8-16(14)20(21)22/h5-10,18H,3-4,11-13H2,1-2H3. The van der Waals surface area contributed by atoms with Crippen molar-refractivity contribution in [1.82, 2.24) is 9.62 Å². The van der Waals surface area contributed by atoms with E-state index in [4.69, 9.17) is 0 Å². The average Bonchev–Trinajstić information content (AvgIpc) is 3.09. The summed E-state index contributed by atoms with van der Waals surface area (Å²) in [6, 6.07) is 10.1. The lowest BCUT2D eigenvalue weighted by atomic mass is 10.2. The van der Waals surface area contributed by atoms with Gasteiger partial charge in [0.05, 0.1) is 4.92 Å². The highest BCUT2D eigenvalue weighted by atomic mass is 32.2. The van der Waals surface area contributed by atoms with Crippen LogP contribution in [0.5, 0.6) is 0 Å². The van der Waals surface area contributed by atoms with Crippen molar-refractivity contribution in [1.29, 1.82) is 0 Å². The largest absolute Gasteiger partial charge is 0.312 e. The highest BCUT2D eigenvalue weighted by Gasteiger charge is 2.23. The summed E-state index contributed by atoms with van der Waals surface area (Å²) in [7, 11) is -3.41. The zero-order valence-electron chi connectivity index (χ0n) is 14.8. The number of nitro benzene ring substituents is 1. The molecule has 0 radical (unpaired) electrons. The Morgan fingerprint density at radius 3 is 2.50 bits per heavy atom. The van der Waals surface area contributed by atoms with Crippen LogP contribution in [-0.2, 0) is 23.0 Å². The molecule has 7 nitrogen and oxygen atoms in total. The highest BCUT2D eigenvalue weighted by molar-refractivity contribution is 7.91. The quantitative estimate of drug-likeness (QED) is 0.378. The molecule has 0 bridgehead atoms. The summed E-state index contributed by atoms with van der Waals surface area (Å²) < 4.78 is 26.8. The number of rotatable bonds is 10. The van der Waals surface area contributed by atoms with E-state index in [-0.39, 0.29) is 10.6 Å². The van der Waals surface area contributed by atoms with E-state index in [9.17, 15) is 18.5 Å². The maximum absolute atomic E-state index is 12.5. The number of nitrogens with one attached hydrogen (secondary N) is 1. The predicted molar refractivity (Wildman–Crippen MR) is 103 cm³/mol. The van der Waals surface area contributed by atoms with E-state index in [2.05, 4.69) is 5.32 Å². The third-order valence-electron chi connectivity index (χ3n) is 3.99. The predicted octanol–water partition coefficient (Wildman–Crippen LogP) is 3.02. The molecule has 0 saturated heterocycles. The molecule has 142 valence electrons. The van der Waals surface area contributed by atoms with Gasteiger partial charge in [-0.15, -0.1) is 11.3 Å². The average molecular weight is 398 g/mol. The first-order chi connectivity index (χ1) is 12.4. The molecule has 0 aliphatic rings. The first kappa shape index (κ1) is 20.5. The first-order valence-electron chi connectivity index (χ1n) is 8.42. The lowest BCUT2D eigenvalue weighted by molar-refractivity contribution is -0.385. The molecule has 0 fully saturated rings. The fraction of sp³-hybridized carbons (Fsp3) is 0.412. The lowest BCUT2D eigenvalue weighted by Crippen LogP contribution is -2.29. The van der Waals surface area contributed by atoms with Crippen LogP contribution in [0.2, 0.25) is 0 Å². The number of para-hydroxylation sites is 1. The van der Waals surface area contributed by atoms with Gasteiger partial charge in [0.2, 0.25) is 0 Å². The highest BCUT2D eigenvalue weighted by Crippen LogP contribution is 2.25. The lowest BCUT2D eigenvalue weighted by Gasteiger charge is -2.16. The molecular weight excluding hydrogens is 374 g/mol. The summed E-state index contributed by atoms with van der Waals surface area (Å²) >= 11 is 1.28. The van der Waals surface area contributed by atoms with Crippen molar-refractivity contribution in [2.24, 2.45) is 0 Å². The van der Waals surface area contributed by atoms with Crippen LogP contribution in [0.3, 0.4) is 0 Å². The van der Waals surface area contributed by atoms with Gasteiger partial charge >= 0.3 is 0 Å². The van der Waals surface area contributed by atoms with Crippen LogP contribution in [-0.4, -0.2) is 37.3 Å². The van der Waals surface area contributed by atoms with Gasteiger partial charge in [0, 0.05) is 42.7 Å². The molecule has 1 aromatic heterocycles. The molecule has 0 atom stereocenters. The molecular formula is C17H23N3O4S2. The van der Waals surface area contributed by atoms with Crippen molar-refractivity contribution in [3.05, 3.63) is 57.0 Å². The topological polar surface area (TPSA) is 92.6 Å². The van der Waals surface area contributed by atoms with Crippen LogP contribution in [0.4, 0.5) is 5.69 Å². The molecule has 2 aromatic rings. The van der Waals surface area contributed by atoms with Gasteiger partial charge in [-0.2, -0.15) is 4.31 Å². The molecule has 9 heteroatoms. The van der Waals surface area contributed by atoms with Gasteiger partial charge in [0.1, 0.15) is 4.21 Å². The summed E-state index contributed by atoms with van der Waals surface area (Å²) in [5.41, 5.74) is 0.734. The summed E-state index contributed by atoms with van der Waals surface area (Å²) in [4.78, 5) is 11.6. The van der Waals surface area contributed by atoms with Gasteiger partial charge < -0.3 is 5.32 Å². The number of benzene rings is 1. The minimum absolute atomic E-state index is 0.101. The van der Waals surface area contributed by atoms with Gasteiger partial charge in [0.15, 0.2) is 0 Å². The van der Waals surface area contributed by atoms with Crippen molar-refractivity contribution in [3.63, 3.8) is 0 Å². The Balaban J connectivity index is 1.92. The normalized spacial score (nSPS) is 11.8. The molecule has 2 rings (SSSR count). The van der Waals surface area contributed by atoms with Crippen molar-refractivity contribution in [2.75, 3.05) is 19.6 Å². The van der Waals surface area contributed by atoms with Crippen molar-refractivity contribution >= 4 is 27.0 Å². The number of thiophene rings is 1. The molecule has 1 heterocycles. The van der Waals surface area contributed by atoms with Gasteiger partial charge in [-0.1, -0.05) is 32.0 Å². The molecule has 0 saturated carbocycles. The van der Waals surface area contributed by atoms with Crippen LogP contribution in [0, 0.1) is 10.1 Å². The molecule has 0 unspecified atom stereocenters.